The first-order chi connectivity index (χ1) is 7.19. The van der Waals surface area contributed by atoms with E-state index >= 15 is 0 Å². The molecule has 0 amide bonds. The number of halogens is 1. The van der Waals surface area contributed by atoms with Crippen LogP contribution in [-0.4, -0.2) is 17.7 Å². The van der Waals surface area contributed by atoms with Crippen molar-refractivity contribution in [2.45, 2.75) is 32.4 Å². The summed E-state index contributed by atoms with van der Waals surface area (Å²) in [5, 5.41) is 14.1. The Morgan fingerprint density at radius 2 is 1.87 bits per heavy atom. The summed E-state index contributed by atoms with van der Waals surface area (Å²) >= 11 is 5.79. The third-order valence-electron chi connectivity index (χ3n) is 2.50. The zero-order valence-corrected chi connectivity index (χ0v) is 9.96. The van der Waals surface area contributed by atoms with Crippen LogP contribution in [0.1, 0.15) is 31.9 Å². The Morgan fingerprint density at radius 1 is 1.27 bits per heavy atom. The molecule has 84 valence electrons. The average Bonchev–Trinajstić information content (AvgIpc) is 2.26. The molecule has 15 heavy (non-hydrogen) atoms. The second kappa shape index (κ2) is 6.11. The second-order valence-electron chi connectivity index (χ2n) is 3.57. The van der Waals surface area contributed by atoms with Crippen LogP contribution in [0, 0.1) is 0 Å². The molecule has 2 nitrogen and oxygen atoms in total. The Bertz CT molecular complexity index is 286. The SMILES string of the molecule is CCNC(CC)C(O)c1ccc(Cl)cc1. The van der Waals surface area contributed by atoms with Crippen LogP contribution in [0.25, 0.3) is 0 Å². The summed E-state index contributed by atoms with van der Waals surface area (Å²) in [6, 6.07) is 7.45. The lowest BCUT2D eigenvalue weighted by molar-refractivity contribution is 0.127. The van der Waals surface area contributed by atoms with E-state index < -0.39 is 6.10 Å². The van der Waals surface area contributed by atoms with Gasteiger partial charge in [0.1, 0.15) is 0 Å². The molecule has 0 saturated carbocycles. The first-order valence-corrected chi connectivity index (χ1v) is 5.73. The van der Waals surface area contributed by atoms with E-state index in [1.165, 1.54) is 0 Å². The van der Waals surface area contributed by atoms with Gasteiger partial charge in [-0.1, -0.05) is 37.6 Å². The zero-order valence-electron chi connectivity index (χ0n) is 9.20. The number of likely N-dealkylation sites (N-methyl/N-ethyl adjacent to an activating group) is 1. The number of hydrogen-bond acceptors (Lipinski definition) is 2. The van der Waals surface area contributed by atoms with Gasteiger partial charge in [-0.3, -0.25) is 0 Å². The van der Waals surface area contributed by atoms with Crippen LogP contribution >= 0.6 is 11.6 Å². The number of aliphatic hydroxyl groups excluding tert-OH is 1. The minimum absolute atomic E-state index is 0.108. The van der Waals surface area contributed by atoms with E-state index in [4.69, 9.17) is 11.6 Å². The van der Waals surface area contributed by atoms with Gasteiger partial charge in [-0.25, -0.2) is 0 Å². The summed E-state index contributed by atoms with van der Waals surface area (Å²) in [6.45, 7) is 4.97. The van der Waals surface area contributed by atoms with Crippen LogP contribution in [0.2, 0.25) is 5.02 Å². The van der Waals surface area contributed by atoms with Gasteiger partial charge in [0.2, 0.25) is 0 Å². The Labute approximate surface area is 96.3 Å². The van der Waals surface area contributed by atoms with E-state index in [2.05, 4.69) is 12.2 Å². The fraction of sp³-hybridized carbons (Fsp3) is 0.500. The third kappa shape index (κ3) is 3.49. The van der Waals surface area contributed by atoms with Crippen molar-refractivity contribution in [1.82, 2.24) is 5.32 Å². The summed E-state index contributed by atoms with van der Waals surface area (Å²) in [6.07, 6.45) is 0.435. The van der Waals surface area contributed by atoms with Crippen molar-refractivity contribution in [3.8, 4) is 0 Å². The second-order valence-corrected chi connectivity index (χ2v) is 4.01. The van der Waals surface area contributed by atoms with Crippen molar-refractivity contribution < 1.29 is 5.11 Å². The highest BCUT2D eigenvalue weighted by atomic mass is 35.5. The molecule has 1 aromatic rings. The van der Waals surface area contributed by atoms with E-state index in [0.717, 1.165) is 18.5 Å². The highest BCUT2D eigenvalue weighted by molar-refractivity contribution is 6.30. The predicted octanol–water partition coefficient (Wildman–Crippen LogP) is 2.76. The maximum absolute atomic E-state index is 10.1. The Hall–Kier alpha value is -0.570. The molecule has 2 atom stereocenters. The summed E-state index contributed by atoms with van der Waals surface area (Å²) < 4.78 is 0. The minimum Gasteiger partial charge on any atom is -0.387 e. The molecule has 1 aromatic carbocycles. The highest BCUT2D eigenvalue weighted by Crippen LogP contribution is 2.20. The fourth-order valence-electron chi connectivity index (χ4n) is 1.63. The van der Waals surface area contributed by atoms with Crippen molar-refractivity contribution in [2.75, 3.05) is 6.54 Å². The standard InChI is InChI=1S/C12H18ClNO/c1-3-11(14-4-2)12(15)9-5-7-10(13)8-6-9/h5-8,11-12,14-15H,3-4H2,1-2H3. The lowest BCUT2D eigenvalue weighted by Gasteiger charge is -2.22. The Balaban J connectivity index is 2.73. The van der Waals surface area contributed by atoms with Gasteiger partial charge in [-0.2, -0.15) is 0 Å². The molecule has 2 N–H and O–H groups in total. The van der Waals surface area contributed by atoms with Crippen LogP contribution in [-0.2, 0) is 0 Å². The first kappa shape index (κ1) is 12.5. The quantitative estimate of drug-likeness (QED) is 0.811. The molecule has 2 unspecified atom stereocenters. The van der Waals surface area contributed by atoms with Gasteiger partial charge in [0.05, 0.1) is 6.10 Å². The van der Waals surface area contributed by atoms with E-state index in [1.807, 2.05) is 19.1 Å². The van der Waals surface area contributed by atoms with Gasteiger partial charge in [0.25, 0.3) is 0 Å². The highest BCUT2D eigenvalue weighted by Gasteiger charge is 2.17. The number of hydrogen-bond donors (Lipinski definition) is 2. The van der Waals surface area contributed by atoms with E-state index in [0.29, 0.717) is 5.02 Å². The van der Waals surface area contributed by atoms with Gasteiger partial charge in [-0.05, 0) is 30.7 Å². The first-order valence-electron chi connectivity index (χ1n) is 5.36. The molecule has 0 aliphatic carbocycles. The molecule has 0 radical (unpaired) electrons. The van der Waals surface area contributed by atoms with Crippen molar-refractivity contribution in [2.24, 2.45) is 0 Å². The number of benzene rings is 1. The van der Waals surface area contributed by atoms with Gasteiger partial charge in [0.15, 0.2) is 0 Å². The minimum atomic E-state index is -0.466. The van der Waals surface area contributed by atoms with Crippen LogP contribution in [0.3, 0.4) is 0 Å². The van der Waals surface area contributed by atoms with Crippen LogP contribution < -0.4 is 5.32 Å². The van der Waals surface area contributed by atoms with Gasteiger partial charge in [0, 0.05) is 11.1 Å². The number of rotatable bonds is 5. The van der Waals surface area contributed by atoms with Crippen molar-refractivity contribution in [3.63, 3.8) is 0 Å². The summed E-state index contributed by atoms with van der Waals surface area (Å²) in [5.74, 6) is 0. The summed E-state index contributed by atoms with van der Waals surface area (Å²) in [5.41, 5.74) is 0.909. The molecule has 3 heteroatoms. The molecule has 0 aromatic heterocycles. The van der Waals surface area contributed by atoms with E-state index in [9.17, 15) is 5.11 Å². The van der Waals surface area contributed by atoms with Crippen molar-refractivity contribution in [3.05, 3.63) is 34.9 Å². The maximum atomic E-state index is 10.1. The largest absolute Gasteiger partial charge is 0.387 e. The van der Waals surface area contributed by atoms with E-state index in [1.54, 1.807) is 12.1 Å². The fourth-order valence-corrected chi connectivity index (χ4v) is 1.76. The normalized spacial score (nSPS) is 14.9. The molecule has 0 aliphatic rings. The van der Waals surface area contributed by atoms with Crippen LogP contribution in [0.5, 0.6) is 0 Å². The Morgan fingerprint density at radius 3 is 2.33 bits per heavy atom. The van der Waals surface area contributed by atoms with Gasteiger partial charge >= 0.3 is 0 Å². The van der Waals surface area contributed by atoms with E-state index in [-0.39, 0.29) is 6.04 Å². The van der Waals surface area contributed by atoms with Crippen LogP contribution in [0.4, 0.5) is 0 Å². The monoisotopic (exact) mass is 227 g/mol. The van der Waals surface area contributed by atoms with Gasteiger partial charge < -0.3 is 10.4 Å². The van der Waals surface area contributed by atoms with Gasteiger partial charge in [-0.15, -0.1) is 0 Å². The predicted molar refractivity (Wildman–Crippen MR) is 64.2 cm³/mol. The van der Waals surface area contributed by atoms with Crippen molar-refractivity contribution in [1.29, 1.82) is 0 Å². The lowest BCUT2D eigenvalue weighted by atomic mass is 10.0. The van der Waals surface area contributed by atoms with Crippen molar-refractivity contribution >= 4 is 11.6 Å². The Kier molecular flexibility index (Phi) is 5.09. The number of aliphatic hydroxyl groups is 1. The van der Waals surface area contributed by atoms with Crippen LogP contribution in [0.15, 0.2) is 24.3 Å². The lowest BCUT2D eigenvalue weighted by Crippen LogP contribution is -2.34. The molecule has 0 aliphatic heterocycles. The zero-order chi connectivity index (χ0) is 11.3. The average molecular weight is 228 g/mol. The summed E-state index contributed by atoms with van der Waals surface area (Å²) in [4.78, 5) is 0. The molecule has 0 spiro atoms. The topological polar surface area (TPSA) is 32.3 Å². The maximum Gasteiger partial charge on any atom is 0.0942 e. The molecular weight excluding hydrogens is 210 g/mol. The molecule has 1 rings (SSSR count). The third-order valence-corrected chi connectivity index (χ3v) is 2.75. The molecular formula is C12H18ClNO. The molecule has 0 fully saturated rings. The smallest absolute Gasteiger partial charge is 0.0942 e. The molecule has 0 bridgehead atoms. The molecule has 0 saturated heterocycles. The molecule has 0 heterocycles. The number of nitrogens with one attached hydrogen (secondary N) is 1. The summed E-state index contributed by atoms with van der Waals surface area (Å²) in [7, 11) is 0.